The van der Waals surface area contributed by atoms with E-state index in [1.54, 1.807) is 6.26 Å². The van der Waals surface area contributed by atoms with Gasteiger partial charge in [-0.1, -0.05) is 20.8 Å². The molecule has 1 aromatic rings. The van der Waals surface area contributed by atoms with E-state index in [4.69, 9.17) is 10.2 Å². The Morgan fingerprint density at radius 2 is 2.07 bits per heavy atom. The molecule has 0 unspecified atom stereocenters. The van der Waals surface area contributed by atoms with Crippen molar-refractivity contribution in [1.82, 2.24) is 4.98 Å². The predicted molar refractivity (Wildman–Crippen MR) is 54.9 cm³/mol. The zero-order valence-corrected chi connectivity index (χ0v) is 9.13. The van der Waals surface area contributed by atoms with E-state index in [0.717, 1.165) is 18.5 Å². The third-order valence-corrected chi connectivity index (χ3v) is 2.94. The maximum absolute atomic E-state index is 6.12. The van der Waals surface area contributed by atoms with Crippen molar-refractivity contribution in [3.63, 3.8) is 0 Å². The molecule has 2 rings (SSSR count). The zero-order valence-electron chi connectivity index (χ0n) is 9.13. The fourth-order valence-corrected chi connectivity index (χ4v) is 1.62. The molecule has 0 spiro atoms. The van der Waals surface area contributed by atoms with Gasteiger partial charge in [-0.3, -0.25) is 0 Å². The van der Waals surface area contributed by atoms with Crippen LogP contribution in [0.15, 0.2) is 10.7 Å². The summed E-state index contributed by atoms with van der Waals surface area (Å²) in [4.78, 5) is 4.48. The molecule has 1 aromatic heterocycles. The van der Waals surface area contributed by atoms with Gasteiger partial charge < -0.3 is 10.2 Å². The molecule has 1 heterocycles. The predicted octanol–water partition coefficient (Wildman–Crippen LogP) is 2.31. The summed E-state index contributed by atoms with van der Waals surface area (Å²) in [5.74, 6) is 0.716. The Bertz CT molecular complexity index is 331. The van der Waals surface area contributed by atoms with E-state index in [-0.39, 0.29) is 11.0 Å². The normalized spacial score (nSPS) is 20.6. The molecule has 2 N–H and O–H groups in total. The van der Waals surface area contributed by atoms with Crippen LogP contribution in [0.1, 0.15) is 51.6 Å². The maximum Gasteiger partial charge on any atom is 0.214 e. The van der Waals surface area contributed by atoms with Gasteiger partial charge in [0.15, 0.2) is 0 Å². The van der Waals surface area contributed by atoms with Crippen molar-refractivity contribution in [3.8, 4) is 0 Å². The standard InChI is InChI=1S/C11H18N2O/c1-10(2,3)8-7-14-9(13-8)11(12)5-4-6-11/h7H,4-6,12H2,1-3H3. The minimum Gasteiger partial charge on any atom is -0.447 e. The highest BCUT2D eigenvalue weighted by atomic mass is 16.3. The van der Waals surface area contributed by atoms with E-state index in [1.807, 2.05) is 0 Å². The summed E-state index contributed by atoms with van der Waals surface area (Å²) in [5, 5.41) is 0. The average molecular weight is 194 g/mol. The molecule has 1 saturated carbocycles. The van der Waals surface area contributed by atoms with E-state index >= 15 is 0 Å². The van der Waals surface area contributed by atoms with Crippen LogP contribution in [0.4, 0.5) is 0 Å². The SMILES string of the molecule is CC(C)(C)c1coc(C2(N)CCC2)n1. The summed E-state index contributed by atoms with van der Waals surface area (Å²) >= 11 is 0. The summed E-state index contributed by atoms with van der Waals surface area (Å²) in [7, 11) is 0. The van der Waals surface area contributed by atoms with Gasteiger partial charge in [0.05, 0.1) is 11.2 Å². The maximum atomic E-state index is 6.12. The summed E-state index contributed by atoms with van der Waals surface area (Å²) in [6.07, 6.45) is 4.92. The van der Waals surface area contributed by atoms with Crippen molar-refractivity contribution >= 4 is 0 Å². The van der Waals surface area contributed by atoms with Crippen molar-refractivity contribution in [3.05, 3.63) is 17.8 Å². The van der Waals surface area contributed by atoms with Crippen molar-refractivity contribution in [1.29, 1.82) is 0 Å². The van der Waals surface area contributed by atoms with Gasteiger partial charge in [0, 0.05) is 5.41 Å². The van der Waals surface area contributed by atoms with Crippen LogP contribution in [-0.4, -0.2) is 4.98 Å². The first-order valence-electron chi connectivity index (χ1n) is 5.17. The molecule has 0 amide bonds. The lowest BCUT2D eigenvalue weighted by Gasteiger charge is -2.34. The van der Waals surface area contributed by atoms with E-state index in [1.165, 1.54) is 6.42 Å². The lowest BCUT2D eigenvalue weighted by atomic mass is 9.77. The summed E-state index contributed by atoms with van der Waals surface area (Å²) in [6, 6.07) is 0. The Hall–Kier alpha value is -0.830. The van der Waals surface area contributed by atoms with Crippen LogP contribution in [0.3, 0.4) is 0 Å². The fraction of sp³-hybridized carbons (Fsp3) is 0.727. The highest BCUT2D eigenvalue weighted by Crippen LogP contribution is 2.38. The molecule has 0 aliphatic heterocycles. The van der Waals surface area contributed by atoms with Crippen LogP contribution in [0.2, 0.25) is 0 Å². The lowest BCUT2D eigenvalue weighted by molar-refractivity contribution is 0.198. The quantitative estimate of drug-likeness (QED) is 0.746. The van der Waals surface area contributed by atoms with Crippen LogP contribution < -0.4 is 5.73 Å². The molecule has 14 heavy (non-hydrogen) atoms. The van der Waals surface area contributed by atoms with Crippen molar-refractivity contribution in [2.24, 2.45) is 5.73 Å². The molecule has 1 aliphatic rings. The topological polar surface area (TPSA) is 52.0 Å². The van der Waals surface area contributed by atoms with Crippen LogP contribution in [-0.2, 0) is 11.0 Å². The monoisotopic (exact) mass is 194 g/mol. The Labute approximate surface area is 84.7 Å². The molecule has 0 radical (unpaired) electrons. The Morgan fingerprint density at radius 1 is 1.43 bits per heavy atom. The number of rotatable bonds is 1. The Kier molecular flexibility index (Phi) is 1.96. The van der Waals surface area contributed by atoms with Crippen LogP contribution in [0, 0.1) is 0 Å². The van der Waals surface area contributed by atoms with Gasteiger partial charge in [-0.15, -0.1) is 0 Å². The summed E-state index contributed by atoms with van der Waals surface area (Å²) < 4.78 is 5.46. The second kappa shape index (κ2) is 2.83. The molecule has 0 saturated heterocycles. The van der Waals surface area contributed by atoms with Crippen molar-refractivity contribution < 1.29 is 4.42 Å². The first-order valence-corrected chi connectivity index (χ1v) is 5.17. The highest BCUT2D eigenvalue weighted by molar-refractivity contribution is 5.14. The minimum absolute atomic E-state index is 0.0435. The molecule has 78 valence electrons. The summed E-state index contributed by atoms with van der Waals surface area (Å²) in [6.45, 7) is 6.37. The summed E-state index contributed by atoms with van der Waals surface area (Å²) in [5.41, 5.74) is 6.88. The van der Waals surface area contributed by atoms with Crippen molar-refractivity contribution in [2.45, 2.75) is 51.0 Å². The number of hydrogen-bond acceptors (Lipinski definition) is 3. The van der Waals surface area contributed by atoms with Crippen molar-refractivity contribution in [2.75, 3.05) is 0 Å². The van der Waals surface area contributed by atoms with Gasteiger partial charge in [0.2, 0.25) is 5.89 Å². The third kappa shape index (κ3) is 1.46. The zero-order chi connectivity index (χ0) is 10.4. The van der Waals surface area contributed by atoms with Gasteiger partial charge in [-0.25, -0.2) is 4.98 Å². The van der Waals surface area contributed by atoms with Gasteiger partial charge in [0.1, 0.15) is 6.26 Å². The molecule has 0 atom stereocenters. The minimum atomic E-state index is -0.274. The first-order chi connectivity index (χ1) is 6.42. The van der Waals surface area contributed by atoms with E-state index in [9.17, 15) is 0 Å². The molecule has 1 fully saturated rings. The molecular weight excluding hydrogens is 176 g/mol. The fourth-order valence-electron chi connectivity index (χ4n) is 1.62. The van der Waals surface area contributed by atoms with Gasteiger partial charge in [-0.2, -0.15) is 0 Å². The lowest BCUT2D eigenvalue weighted by Crippen LogP contribution is -2.43. The van der Waals surface area contributed by atoms with E-state index < -0.39 is 0 Å². The van der Waals surface area contributed by atoms with Crippen LogP contribution in [0.25, 0.3) is 0 Å². The molecule has 0 aromatic carbocycles. The van der Waals surface area contributed by atoms with E-state index in [2.05, 4.69) is 25.8 Å². The Morgan fingerprint density at radius 3 is 2.43 bits per heavy atom. The third-order valence-electron chi connectivity index (χ3n) is 2.94. The first kappa shape index (κ1) is 9.71. The van der Waals surface area contributed by atoms with Crippen LogP contribution >= 0.6 is 0 Å². The average Bonchev–Trinajstić information content (AvgIpc) is 2.46. The number of nitrogens with zero attached hydrogens (tertiary/aromatic N) is 1. The van der Waals surface area contributed by atoms with Gasteiger partial charge in [-0.05, 0) is 19.3 Å². The molecule has 1 aliphatic carbocycles. The number of oxazole rings is 1. The van der Waals surface area contributed by atoms with Gasteiger partial charge in [0.25, 0.3) is 0 Å². The number of nitrogens with two attached hydrogens (primary N) is 1. The number of aromatic nitrogens is 1. The second-order valence-corrected chi connectivity index (χ2v) is 5.30. The number of hydrogen-bond donors (Lipinski definition) is 1. The molecule has 3 heteroatoms. The largest absolute Gasteiger partial charge is 0.447 e. The molecular formula is C11H18N2O. The highest BCUT2D eigenvalue weighted by Gasteiger charge is 2.39. The molecule has 0 bridgehead atoms. The Balaban J connectivity index is 2.26. The second-order valence-electron chi connectivity index (χ2n) is 5.30. The van der Waals surface area contributed by atoms with E-state index in [0.29, 0.717) is 5.89 Å². The van der Waals surface area contributed by atoms with Gasteiger partial charge >= 0.3 is 0 Å². The smallest absolute Gasteiger partial charge is 0.214 e. The van der Waals surface area contributed by atoms with Crippen LogP contribution in [0.5, 0.6) is 0 Å². The molecule has 3 nitrogen and oxygen atoms in total.